The number of hydrogen-bond donors (Lipinski definition) is 0. The van der Waals surface area contributed by atoms with Crippen molar-refractivity contribution in [1.82, 2.24) is 14.5 Å². The Balaban J connectivity index is 1.84. The van der Waals surface area contributed by atoms with Crippen LogP contribution < -0.4 is 10.3 Å². The molecule has 1 aliphatic rings. The molecular weight excluding hydrogens is 414 g/mol. The SMILES string of the molecule is CCCN(C(=O)C1CCCC1)C(C)c1nc2ccccc2c(=O)n1-c1ccc(OCC)cc1. The van der Waals surface area contributed by atoms with Crippen LogP contribution in [-0.4, -0.2) is 33.5 Å². The Morgan fingerprint density at radius 2 is 1.82 bits per heavy atom. The molecule has 1 atom stereocenters. The van der Waals surface area contributed by atoms with Gasteiger partial charge in [0.2, 0.25) is 5.91 Å². The lowest BCUT2D eigenvalue weighted by Crippen LogP contribution is -2.40. The third-order valence-corrected chi connectivity index (χ3v) is 6.50. The zero-order chi connectivity index (χ0) is 23.4. The molecule has 0 N–H and O–H groups in total. The summed E-state index contributed by atoms with van der Waals surface area (Å²) in [4.78, 5) is 34.0. The van der Waals surface area contributed by atoms with Gasteiger partial charge in [-0.2, -0.15) is 0 Å². The molecular formula is C27H33N3O3. The molecule has 0 spiro atoms. The normalized spacial score (nSPS) is 15.0. The standard InChI is InChI=1S/C27H33N3O3/c1-4-18-29(26(31)20-10-6-7-11-20)19(3)25-28-24-13-9-8-12-23(24)27(32)30(25)21-14-16-22(17-15-21)33-5-2/h8-9,12-17,19-20H,4-7,10-11,18H2,1-3H3. The second kappa shape index (κ2) is 10.2. The van der Waals surface area contributed by atoms with Gasteiger partial charge in [-0.3, -0.25) is 14.2 Å². The molecule has 1 unspecified atom stereocenters. The Bertz CT molecular complexity index is 1160. The average molecular weight is 448 g/mol. The Kier molecular flexibility index (Phi) is 7.11. The lowest BCUT2D eigenvalue weighted by molar-refractivity contribution is -0.137. The highest BCUT2D eigenvalue weighted by Gasteiger charge is 2.32. The van der Waals surface area contributed by atoms with Crippen LogP contribution in [0.2, 0.25) is 0 Å². The summed E-state index contributed by atoms with van der Waals surface area (Å²) >= 11 is 0. The van der Waals surface area contributed by atoms with Gasteiger partial charge in [0, 0.05) is 12.5 Å². The summed E-state index contributed by atoms with van der Waals surface area (Å²) in [5, 5.41) is 0.562. The minimum Gasteiger partial charge on any atom is -0.494 e. The molecule has 1 heterocycles. The van der Waals surface area contributed by atoms with Crippen LogP contribution in [0.15, 0.2) is 53.3 Å². The zero-order valence-corrected chi connectivity index (χ0v) is 19.8. The summed E-state index contributed by atoms with van der Waals surface area (Å²) in [6.45, 7) is 7.23. The Hall–Kier alpha value is -3.15. The number of carbonyl (C=O) groups excluding carboxylic acids is 1. The van der Waals surface area contributed by atoms with Gasteiger partial charge in [0.05, 0.1) is 29.2 Å². The van der Waals surface area contributed by atoms with Crippen molar-refractivity contribution < 1.29 is 9.53 Å². The predicted octanol–water partition coefficient (Wildman–Crippen LogP) is 5.27. The van der Waals surface area contributed by atoms with E-state index in [2.05, 4.69) is 6.92 Å². The van der Waals surface area contributed by atoms with Crippen LogP contribution in [0.5, 0.6) is 5.75 Å². The first-order valence-electron chi connectivity index (χ1n) is 12.1. The summed E-state index contributed by atoms with van der Waals surface area (Å²) in [6.07, 6.45) is 4.96. The van der Waals surface area contributed by atoms with Gasteiger partial charge < -0.3 is 9.64 Å². The number of amides is 1. The van der Waals surface area contributed by atoms with E-state index in [0.29, 0.717) is 35.6 Å². The molecule has 2 aromatic carbocycles. The number of para-hydroxylation sites is 1. The van der Waals surface area contributed by atoms with Gasteiger partial charge in [0.1, 0.15) is 11.6 Å². The summed E-state index contributed by atoms with van der Waals surface area (Å²) in [5.74, 6) is 1.59. The molecule has 3 aromatic rings. The van der Waals surface area contributed by atoms with Gasteiger partial charge in [-0.15, -0.1) is 0 Å². The third-order valence-electron chi connectivity index (χ3n) is 6.50. The first-order chi connectivity index (χ1) is 16.0. The molecule has 0 aliphatic heterocycles. The number of rotatable bonds is 8. The Morgan fingerprint density at radius 3 is 2.48 bits per heavy atom. The van der Waals surface area contributed by atoms with Crippen LogP contribution in [0.25, 0.3) is 16.6 Å². The number of benzene rings is 2. The molecule has 6 nitrogen and oxygen atoms in total. The van der Waals surface area contributed by atoms with Crippen molar-refractivity contribution in [2.45, 2.75) is 58.9 Å². The second-order valence-electron chi connectivity index (χ2n) is 8.74. The number of hydrogen-bond acceptors (Lipinski definition) is 4. The fourth-order valence-corrected chi connectivity index (χ4v) is 4.82. The highest BCUT2D eigenvalue weighted by Crippen LogP contribution is 2.31. The van der Waals surface area contributed by atoms with Crippen LogP contribution in [0.1, 0.15) is 64.7 Å². The van der Waals surface area contributed by atoms with Gasteiger partial charge in [0.15, 0.2) is 0 Å². The van der Waals surface area contributed by atoms with E-state index in [-0.39, 0.29) is 23.4 Å². The first-order valence-corrected chi connectivity index (χ1v) is 12.1. The lowest BCUT2D eigenvalue weighted by atomic mass is 10.0. The quantitative estimate of drug-likeness (QED) is 0.472. The zero-order valence-electron chi connectivity index (χ0n) is 19.8. The average Bonchev–Trinajstić information content (AvgIpc) is 3.38. The van der Waals surface area contributed by atoms with Crippen molar-refractivity contribution in [3.63, 3.8) is 0 Å². The lowest BCUT2D eigenvalue weighted by Gasteiger charge is -2.32. The topological polar surface area (TPSA) is 64.4 Å². The smallest absolute Gasteiger partial charge is 0.266 e. The Labute approximate surface area is 195 Å². The van der Waals surface area contributed by atoms with Crippen LogP contribution in [0.4, 0.5) is 0 Å². The van der Waals surface area contributed by atoms with E-state index in [9.17, 15) is 9.59 Å². The summed E-state index contributed by atoms with van der Waals surface area (Å²) in [5.41, 5.74) is 1.24. The van der Waals surface area contributed by atoms with Crippen LogP contribution in [0.3, 0.4) is 0 Å². The summed E-state index contributed by atoms with van der Waals surface area (Å²) in [6, 6.07) is 14.6. The minimum absolute atomic E-state index is 0.0742. The van der Waals surface area contributed by atoms with Crippen molar-refractivity contribution in [2.75, 3.05) is 13.2 Å². The van der Waals surface area contributed by atoms with E-state index in [1.54, 1.807) is 10.6 Å². The molecule has 1 aromatic heterocycles. The van der Waals surface area contributed by atoms with E-state index in [4.69, 9.17) is 9.72 Å². The van der Waals surface area contributed by atoms with Crippen LogP contribution in [0, 0.1) is 5.92 Å². The molecule has 0 radical (unpaired) electrons. The van der Waals surface area contributed by atoms with Crippen molar-refractivity contribution >= 4 is 16.8 Å². The van der Waals surface area contributed by atoms with Gasteiger partial charge >= 0.3 is 0 Å². The van der Waals surface area contributed by atoms with Crippen molar-refractivity contribution in [3.05, 3.63) is 64.7 Å². The number of ether oxygens (including phenoxy) is 1. The molecule has 1 amide bonds. The largest absolute Gasteiger partial charge is 0.494 e. The number of carbonyl (C=O) groups is 1. The molecule has 1 saturated carbocycles. The second-order valence-corrected chi connectivity index (χ2v) is 8.74. The molecule has 0 bridgehead atoms. The van der Waals surface area contributed by atoms with E-state index in [1.165, 1.54) is 0 Å². The summed E-state index contributed by atoms with van der Waals surface area (Å²) in [7, 11) is 0. The van der Waals surface area contributed by atoms with Crippen LogP contribution >= 0.6 is 0 Å². The highest BCUT2D eigenvalue weighted by atomic mass is 16.5. The van der Waals surface area contributed by atoms with Gasteiger partial charge in [0.25, 0.3) is 5.56 Å². The fraction of sp³-hybridized carbons (Fsp3) is 0.444. The molecule has 174 valence electrons. The molecule has 0 saturated heterocycles. The van der Waals surface area contributed by atoms with Crippen molar-refractivity contribution in [2.24, 2.45) is 5.92 Å². The number of fused-ring (bicyclic) bond motifs is 1. The molecule has 1 fully saturated rings. The molecule has 4 rings (SSSR count). The number of aromatic nitrogens is 2. The minimum atomic E-state index is -0.332. The predicted molar refractivity (Wildman–Crippen MR) is 131 cm³/mol. The van der Waals surface area contributed by atoms with E-state index >= 15 is 0 Å². The third kappa shape index (κ3) is 4.65. The van der Waals surface area contributed by atoms with E-state index in [1.807, 2.05) is 61.2 Å². The molecule has 33 heavy (non-hydrogen) atoms. The van der Waals surface area contributed by atoms with Gasteiger partial charge in [-0.05, 0) is 69.5 Å². The van der Waals surface area contributed by atoms with E-state index < -0.39 is 0 Å². The van der Waals surface area contributed by atoms with Gasteiger partial charge in [-0.1, -0.05) is 31.9 Å². The van der Waals surface area contributed by atoms with E-state index in [0.717, 1.165) is 37.9 Å². The monoisotopic (exact) mass is 447 g/mol. The Morgan fingerprint density at radius 1 is 1.12 bits per heavy atom. The van der Waals surface area contributed by atoms with Crippen molar-refractivity contribution in [1.29, 1.82) is 0 Å². The van der Waals surface area contributed by atoms with Gasteiger partial charge in [-0.25, -0.2) is 4.98 Å². The molecule has 1 aliphatic carbocycles. The maximum atomic E-state index is 13.7. The maximum Gasteiger partial charge on any atom is 0.266 e. The maximum absolute atomic E-state index is 13.7. The number of nitrogens with zero attached hydrogens (tertiary/aromatic N) is 3. The highest BCUT2D eigenvalue weighted by molar-refractivity contribution is 5.80. The fourth-order valence-electron chi connectivity index (χ4n) is 4.82. The van der Waals surface area contributed by atoms with Crippen LogP contribution in [-0.2, 0) is 4.79 Å². The molecule has 6 heteroatoms. The van der Waals surface area contributed by atoms with Crippen molar-refractivity contribution in [3.8, 4) is 11.4 Å². The summed E-state index contributed by atoms with van der Waals surface area (Å²) < 4.78 is 7.24. The first kappa shape index (κ1) is 23.0.